The van der Waals surface area contributed by atoms with Gasteiger partial charge in [0, 0.05) is 97.7 Å². The van der Waals surface area contributed by atoms with Crippen molar-refractivity contribution in [3.8, 4) is 33.3 Å². The number of thiophene rings is 1. The number of para-hydroxylation sites is 2. The second-order valence-electron chi connectivity index (χ2n) is 26.2. The van der Waals surface area contributed by atoms with E-state index in [2.05, 4.69) is 82.4 Å². The van der Waals surface area contributed by atoms with Crippen molar-refractivity contribution >= 4 is 118 Å². The number of H-pyrrole nitrogens is 2. The lowest BCUT2D eigenvalue weighted by Gasteiger charge is -2.28. The van der Waals surface area contributed by atoms with Gasteiger partial charge in [0.1, 0.15) is 74.3 Å². The molecule has 3 aliphatic carbocycles. The maximum atomic E-state index is 12.5. The fourth-order valence-corrected chi connectivity index (χ4v) is 16.3. The number of aryl methyl sites for hydroxylation is 1. The highest BCUT2D eigenvalue weighted by Gasteiger charge is 2.39. The molecule has 15 rings (SSSR count). The van der Waals surface area contributed by atoms with Crippen molar-refractivity contribution in [3.05, 3.63) is 143 Å². The summed E-state index contributed by atoms with van der Waals surface area (Å²) in [5, 5.41) is 9.65. The number of amides is 2. The lowest BCUT2D eigenvalue weighted by Crippen LogP contribution is -2.40. The van der Waals surface area contributed by atoms with Crippen molar-refractivity contribution in [3.63, 3.8) is 0 Å². The Morgan fingerprint density at radius 3 is 1.49 bits per heavy atom. The quantitative estimate of drug-likeness (QED) is 0.0535. The normalized spacial score (nSPS) is 19.1. The van der Waals surface area contributed by atoms with E-state index in [0.717, 1.165) is 188 Å². The number of aromatic nitrogens is 11. The van der Waals surface area contributed by atoms with Crippen LogP contribution in [0.2, 0.25) is 10.0 Å². The minimum atomic E-state index is -4.85. The number of imidazole rings is 3. The Morgan fingerprint density at radius 1 is 0.577 bits per heavy atom. The molecular formula is C72H77Cl2F3N16O3S. The number of alkyl halides is 3. The van der Waals surface area contributed by atoms with Crippen molar-refractivity contribution in [2.45, 2.75) is 141 Å². The van der Waals surface area contributed by atoms with E-state index in [-0.39, 0.29) is 30.1 Å². The molecule has 0 radical (unpaired) electrons. The van der Waals surface area contributed by atoms with Crippen LogP contribution in [-0.2, 0) is 20.8 Å². The Balaban J connectivity index is 0.000000132. The number of hydrogen-bond acceptors (Lipinski definition) is 13. The van der Waals surface area contributed by atoms with Crippen molar-refractivity contribution < 1.29 is 27.6 Å². The number of ketones is 1. The zero-order valence-electron chi connectivity index (χ0n) is 54.2. The predicted molar refractivity (Wildman–Crippen MR) is 379 cm³/mol. The Kier molecular flexibility index (Phi) is 19.3. The average Bonchev–Trinajstić information content (AvgIpc) is 1.62. The second kappa shape index (κ2) is 28.2. The monoisotopic (exact) mass is 1370 g/mol. The largest absolute Gasteiger partial charge is 0.471 e. The average molecular weight is 1370 g/mol. The fraction of sp³-hybridized carbons (Fsp3) is 0.375. The van der Waals surface area contributed by atoms with Gasteiger partial charge in [-0.1, -0.05) is 72.6 Å². The highest BCUT2D eigenvalue weighted by Crippen LogP contribution is 2.45. The number of hydrogen-bond donors (Lipinski definition) is 7. The van der Waals surface area contributed by atoms with E-state index in [0.29, 0.717) is 65.4 Å². The van der Waals surface area contributed by atoms with Gasteiger partial charge in [0.15, 0.2) is 0 Å². The molecule has 25 heteroatoms. The van der Waals surface area contributed by atoms with Crippen LogP contribution in [0.3, 0.4) is 0 Å². The van der Waals surface area contributed by atoms with Crippen molar-refractivity contribution in [2.75, 3.05) is 30.3 Å². The van der Waals surface area contributed by atoms with Gasteiger partial charge in [0.2, 0.25) is 5.91 Å². The first-order valence-corrected chi connectivity index (χ1v) is 34.9. The molecule has 12 aromatic rings. The number of nitrogen functional groups attached to an aromatic ring is 3. The first-order valence-electron chi connectivity index (χ1n) is 33.3. The van der Waals surface area contributed by atoms with Gasteiger partial charge in [0.05, 0.1) is 36.5 Å². The van der Waals surface area contributed by atoms with Gasteiger partial charge < -0.3 is 42.6 Å². The molecule has 3 fully saturated rings. The molecule has 0 spiro atoms. The number of aromatic amines is 2. The van der Waals surface area contributed by atoms with Gasteiger partial charge in [-0.2, -0.15) is 13.2 Å². The zero-order chi connectivity index (χ0) is 67.8. The van der Waals surface area contributed by atoms with Gasteiger partial charge in [-0.25, -0.2) is 29.9 Å². The summed E-state index contributed by atoms with van der Waals surface area (Å²) in [6.07, 6.45) is 20.2. The lowest BCUT2D eigenvalue weighted by atomic mass is 9.79. The van der Waals surface area contributed by atoms with Gasteiger partial charge in [-0.05, 0) is 156 Å². The Hall–Kier alpha value is -9.06. The molecule has 9 aromatic heterocycles. The number of carbonyl (C=O) groups is 3. The number of nitrogens with one attached hydrogen (secondary N) is 4. The molecule has 0 saturated heterocycles. The van der Waals surface area contributed by atoms with Crippen LogP contribution in [0.1, 0.15) is 151 Å². The molecule has 3 aromatic carbocycles. The minimum Gasteiger partial charge on any atom is -0.382 e. The SMILES string of the molecule is CC(=O)CCC1CCC(c2nc(-c3cc4cccc(Cl)c4s3)c3c(N)nccn23)CC1.CC(=O)NCC1CCC(c2nc(-c3cc4cccc(Cl)c4[nH]3)c3c(N)nccn23)CC1.CCc1cccc2cc(-c3nc(C4CCC(CNC(=O)C(F)(F)F)CC4)n4ccnc(N)c34)[nH]c12. The number of nitrogens with two attached hydrogens (primary N) is 3. The van der Waals surface area contributed by atoms with Gasteiger partial charge >= 0.3 is 12.1 Å². The number of carbonyl (C=O) groups excluding carboxylic acids is 3. The van der Waals surface area contributed by atoms with Gasteiger partial charge in [0.25, 0.3) is 0 Å². The first kappa shape index (κ1) is 66.5. The molecule has 2 amide bonds. The van der Waals surface area contributed by atoms with Gasteiger partial charge in [-0.3, -0.25) is 22.8 Å². The molecule has 0 atom stereocenters. The standard InChI is InChI=1S/C25H27F3N6O.C24H25ClN4OS.C23H25ClN6O/c1-2-15-4-3-5-17-12-18(32-19(15)17)20-21-22(29)30-10-11-34(21)23(33-20)16-8-6-14(7-9-16)13-31-24(35)25(26,27)28;1-14(30)5-6-15-7-9-16(10-8-15)24-28-20(21-23(26)27-11-12-29(21)24)19-13-17-3-2-4-18(25)22(17)31-19;1-13(31)27-12-14-5-7-15(8-6-14)23-29-20(21-22(25)26-9-10-30(21)23)18-11-16-3-2-4-17(24)19(16)28-18/h3-5,10-12,14,16,32H,2,6-9,13H2,1H3,(H2,29,30)(H,31,35);2-4,11-13,15-16H,5-10H2,1H3,(H2,26,27);2-4,9-11,14-15,28H,5-8,12H2,1H3,(H2,25,26)(H,27,31). The highest BCUT2D eigenvalue weighted by molar-refractivity contribution is 7.22. The van der Waals surface area contributed by atoms with E-state index in [1.165, 1.54) is 5.56 Å². The van der Waals surface area contributed by atoms with Crippen LogP contribution in [-0.4, -0.2) is 89.9 Å². The summed E-state index contributed by atoms with van der Waals surface area (Å²) < 4.78 is 44.7. The second-order valence-corrected chi connectivity index (χ2v) is 28.0. The van der Waals surface area contributed by atoms with E-state index >= 15 is 0 Å². The molecule has 97 heavy (non-hydrogen) atoms. The number of rotatable bonds is 14. The van der Waals surface area contributed by atoms with E-state index in [9.17, 15) is 27.6 Å². The molecule has 3 aliphatic rings. The van der Waals surface area contributed by atoms with Crippen LogP contribution in [0.15, 0.2) is 110 Å². The fourth-order valence-electron chi connectivity index (χ4n) is 14.7. The summed E-state index contributed by atoms with van der Waals surface area (Å²) in [5.74, 6) is 4.76. The first-order chi connectivity index (χ1) is 46.8. The summed E-state index contributed by atoms with van der Waals surface area (Å²) in [5.41, 5.74) is 28.7. The van der Waals surface area contributed by atoms with Crippen molar-refractivity contribution in [1.82, 2.24) is 63.7 Å². The number of nitrogens with zero attached hydrogens (tertiary/aromatic N) is 9. The van der Waals surface area contributed by atoms with Crippen LogP contribution in [0.25, 0.3) is 81.8 Å². The lowest BCUT2D eigenvalue weighted by molar-refractivity contribution is -0.173. The van der Waals surface area contributed by atoms with Crippen molar-refractivity contribution in [2.24, 2.45) is 17.8 Å². The Morgan fingerprint density at radius 2 is 1.02 bits per heavy atom. The highest BCUT2D eigenvalue weighted by atomic mass is 35.5. The number of halogens is 5. The summed E-state index contributed by atoms with van der Waals surface area (Å²) >= 11 is 14.4. The maximum absolute atomic E-state index is 12.5. The van der Waals surface area contributed by atoms with E-state index in [1.807, 2.05) is 64.7 Å². The van der Waals surface area contributed by atoms with Crippen molar-refractivity contribution in [1.29, 1.82) is 0 Å². The molecular weight excluding hydrogens is 1300 g/mol. The molecule has 9 heterocycles. The predicted octanol–water partition coefficient (Wildman–Crippen LogP) is 16.0. The Labute approximate surface area is 571 Å². The number of benzene rings is 3. The summed E-state index contributed by atoms with van der Waals surface area (Å²) in [6.45, 7) is 6.15. The molecule has 0 bridgehead atoms. The van der Waals surface area contributed by atoms with Crippen LogP contribution in [0.4, 0.5) is 30.6 Å². The number of fused-ring (bicyclic) bond motifs is 6. The maximum Gasteiger partial charge on any atom is 0.471 e. The third-order valence-electron chi connectivity index (χ3n) is 19.8. The topological polar surface area (TPSA) is 275 Å². The zero-order valence-corrected chi connectivity index (χ0v) is 56.5. The molecule has 0 aliphatic heterocycles. The molecule has 3 saturated carbocycles. The van der Waals surface area contributed by atoms with Crippen LogP contribution >= 0.6 is 34.5 Å². The minimum absolute atomic E-state index is 0.0103. The molecule has 10 N–H and O–H groups in total. The number of anilines is 3. The summed E-state index contributed by atoms with van der Waals surface area (Å²) in [6, 6.07) is 24.3. The molecule has 0 unspecified atom stereocenters. The third-order valence-corrected chi connectivity index (χ3v) is 21.7. The number of Topliss-reactive ketones (excluding diaryl/α,β-unsaturated/α-hetero) is 1. The molecule has 19 nitrogen and oxygen atoms in total. The van der Waals surface area contributed by atoms with E-state index < -0.39 is 12.1 Å². The Bertz CT molecular complexity index is 4690. The summed E-state index contributed by atoms with van der Waals surface area (Å²) in [7, 11) is 0. The molecule has 504 valence electrons. The van der Waals surface area contributed by atoms with Crippen LogP contribution in [0, 0.1) is 17.8 Å². The van der Waals surface area contributed by atoms with Gasteiger partial charge in [-0.15, -0.1) is 11.3 Å². The van der Waals surface area contributed by atoms with Crippen LogP contribution < -0.4 is 27.8 Å². The smallest absolute Gasteiger partial charge is 0.382 e. The van der Waals surface area contributed by atoms with E-state index in [4.69, 9.17) is 55.4 Å². The van der Waals surface area contributed by atoms with Crippen LogP contribution in [0.5, 0.6) is 0 Å². The van der Waals surface area contributed by atoms with E-state index in [1.54, 1.807) is 43.8 Å². The third kappa shape index (κ3) is 14.0. The summed E-state index contributed by atoms with van der Waals surface area (Å²) in [4.78, 5) is 69.8.